The van der Waals surface area contributed by atoms with Gasteiger partial charge in [0, 0.05) is 23.8 Å². The molecule has 4 rings (SSSR count). The molecule has 32 heavy (non-hydrogen) atoms. The van der Waals surface area contributed by atoms with E-state index in [2.05, 4.69) is 15.6 Å². The number of aromatic nitrogens is 1. The minimum absolute atomic E-state index is 0.0853. The zero-order valence-electron chi connectivity index (χ0n) is 16.3. The second kappa shape index (κ2) is 9.27. The molecule has 0 radical (unpaired) electrons. The summed E-state index contributed by atoms with van der Waals surface area (Å²) in [6, 6.07) is 9.75. The summed E-state index contributed by atoms with van der Waals surface area (Å²) < 4.78 is 58.7. The Morgan fingerprint density at radius 2 is 1.78 bits per heavy atom. The predicted molar refractivity (Wildman–Crippen MR) is 105 cm³/mol. The van der Waals surface area contributed by atoms with E-state index in [1.807, 2.05) is 18.2 Å². The van der Waals surface area contributed by atoms with Crippen molar-refractivity contribution in [2.24, 2.45) is 0 Å². The van der Waals surface area contributed by atoms with Crippen LogP contribution in [-0.4, -0.2) is 34.7 Å². The fourth-order valence-electron chi connectivity index (χ4n) is 3.02. The highest BCUT2D eigenvalue weighted by molar-refractivity contribution is 6.05. The van der Waals surface area contributed by atoms with Gasteiger partial charge in [-0.3, -0.25) is 9.78 Å². The van der Waals surface area contributed by atoms with Crippen LogP contribution in [0.1, 0.15) is 21.5 Å². The number of amides is 1. The van der Waals surface area contributed by atoms with Crippen LogP contribution in [0.3, 0.4) is 0 Å². The number of nitrogens with one attached hydrogen (secondary N) is 2. The van der Waals surface area contributed by atoms with Gasteiger partial charge in [0.1, 0.15) is 5.52 Å². The summed E-state index contributed by atoms with van der Waals surface area (Å²) >= 11 is 0. The van der Waals surface area contributed by atoms with Gasteiger partial charge in [-0.2, -0.15) is 13.2 Å². The van der Waals surface area contributed by atoms with Crippen molar-refractivity contribution < 1.29 is 36.6 Å². The first-order valence-corrected chi connectivity index (χ1v) is 9.24. The third kappa shape index (κ3) is 5.35. The monoisotopic (exact) mass is 453 g/mol. The lowest BCUT2D eigenvalue weighted by Gasteiger charge is -2.18. The van der Waals surface area contributed by atoms with Crippen LogP contribution in [0.5, 0.6) is 0 Å². The van der Waals surface area contributed by atoms with E-state index in [4.69, 9.17) is 9.90 Å². The molecule has 11 heteroatoms. The normalized spacial score (nSPS) is 13.0. The summed E-state index contributed by atoms with van der Waals surface area (Å²) in [5.74, 6) is -5.06. The van der Waals surface area contributed by atoms with E-state index in [9.17, 15) is 26.7 Å². The number of pyridine rings is 1. The molecule has 0 saturated carbocycles. The van der Waals surface area contributed by atoms with Gasteiger partial charge in [-0.1, -0.05) is 6.07 Å². The predicted octanol–water partition coefficient (Wildman–Crippen LogP) is 4.04. The molecule has 1 aromatic heterocycles. The molecule has 0 bridgehead atoms. The number of anilines is 1. The molecule has 2 aromatic carbocycles. The number of benzene rings is 2. The van der Waals surface area contributed by atoms with E-state index in [1.54, 1.807) is 0 Å². The quantitative estimate of drug-likeness (QED) is 0.510. The number of rotatable bonds is 2. The lowest BCUT2D eigenvalue weighted by atomic mass is 10.0. The Morgan fingerprint density at radius 3 is 2.47 bits per heavy atom. The first kappa shape index (κ1) is 23.1. The number of carboxylic acids is 1. The van der Waals surface area contributed by atoms with E-state index in [-0.39, 0.29) is 17.0 Å². The maximum Gasteiger partial charge on any atom is 0.490 e. The van der Waals surface area contributed by atoms with E-state index >= 15 is 0 Å². The second-order valence-electron chi connectivity index (χ2n) is 6.82. The summed E-state index contributed by atoms with van der Waals surface area (Å²) in [4.78, 5) is 25.2. The van der Waals surface area contributed by atoms with Crippen LogP contribution in [0.2, 0.25) is 0 Å². The van der Waals surface area contributed by atoms with Gasteiger partial charge >= 0.3 is 12.1 Å². The van der Waals surface area contributed by atoms with Crippen molar-refractivity contribution in [1.82, 2.24) is 10.3 Å². The molecule has 0 fully saturated rings. The number of carbonyl (C=O) groups is 2. The fraction of sp³-hybridized carbons (Fsp3) is 0.190. The average molecular weight is 453 g/mol. The number of carboxylic acid groups (broad SMARTS) is 1. The third-order valence-electron chi connectivity index (χ3n) is 4.60. The second-order valence-corrected chi connectivity index (χ2v) is 6.82. The molecule has 0 atom stereocenters. The van der Waals surface area contributed by atoms with Crippen molar-refractivity contribution >= 4 is 28.5 Å². The van der Waals surface area contributed by atoms with Crippen molar-refractivity contribution in [3.63, 3.8) is 0 Å². The van der Waals surface area contributed by atoms with Gasteiger partial charge in [-0.15, -0.1) is 0 Å². The number of hydrogen-bond acceptors (Lipinski definition) is 4. The Bertz CT molecular complexity index is 1180. The zero-order chi connectivity index (χ0) is 23.5. The maximum absolute atomic E-state index is 13.7. The lowest BCUT2D eigenvalue weighted by Crippen LogP contribution is -2.23. The summed E-state index contributed by atoms with van der Waals surface area (Å²) in [5.41, 5.74) is 3.35. The molecule has 0 aliphatic carbocycles. The summed E-state index contributed by atoms with van der Waals surface area (Å²) in [6.45, 7) is 1.75. The van der Waals surface area contributed by atoms with Crippen LogP contribution in [0.4, 0.5) is 27.6 Å². The Hall–Kier alpha value is -3.60. The average Bonchev–Trinajstić information content (AvgIpc) is 2.76. The molecular weight excluding hydrogens is 437 g/mol. The first-order chi connectivity index (χ1) is 15.1. The van der Waals surface area contributed by atoms with Gasteiger partial charge in [0.2, 0.25) is 0 Å². The Kier molecular flexibility index (Phi) is 6.68. The molecule has 1 aliphatic rings. The smallest absolute Gasteiger partial charge is 0.475 e. The summed E-state index contributed by atoms with van der Waals surface area (Å²) in [6.07, 6.45) is -2.91. The molecular formula is C21H16F5N3O3. The van der Waals surface area contributed by atoms with E-state index in [0.29, 0.717) is 11.1 Å². The largest absolute Gasteiger partial charge is 0.490 e. The van der Waals surface area contributed by atoms with Gasteiger partial charge in [-0.25, -0.2) is 13.6 Å². The molecule has 168 valence electrons. The van der Waals surface area contributed by atoms with Gasteiger partial charge in [-0.05, 0) is 54.4 Å². The third-order valence-corrected chi connectivity index (χ3v) is 4.60. The fourth-order valence-corrected chi connectivity index (χ4v) is 3.02. The molecule has 0 unspecified atom stereocenters. The molecule has 6 nitrogen and oxygen atoms in total. The molecule has 2 heterocycles. The van der Waals surface area contributed by atoms with Crippen molar-refractivity contribution in [2.75, 3.05) is 11.9 Å². The van der Waals surface area contributed by atoms with E-state index in [1.165, 1.54) is 29.5 Å². The number of fused-ring (bicyclic) bond motifs is 2. The number of nitrogens with zero attached hydrogens (tertiary/aromatic N) is 1. The molecule has 1 aliphatic heterocycles. The number of carbonyl (C=O) groups excluding carboxylic acids is 1. The molecule has 0 saturated heterocycles. The molecule has 1 amide bonds. The van der Waals surface area contributed by atoms with Crippen LogP contribution >= 0.6 is 0 Å². The zero-order valence-corrected chi connectivity index (χ0v) is 16.3. The highest BCUT2D eigenvalue weighted by Gasteiger charge is 2.38. The molecule has 0 spiro atoms. The minimum atomic E-state index is -5.08. The van der Waals surface area contributed by atoms with Gasteiger partial charge in [0.25, 0.3) is 5.91 Å². The van der Waals surface area contributed by atoms with Crippen molar-refractivity contribution in [2.45, 2.75) is 19.1 Å². The SMILES string of the molecule is O=C(Nc1ccc2c(c1)CCNC2)c1cnc2c(F)c(F)ccc2c1.O=C(O)C(F)(F)F. The van der Waals surface area contributed by atoms with Crippen molar-refractivity contribution in [3.8, 4) is 0 Å². The van der Waals surface area contributed by atoms with Crippen molar-refractivity contribution in [1.29, 1.82) is 0 Å². The van der Waals surface area contributed by atoms with Crippen LogP contribution in [0, 0.1) is 11.6 Å². The minimum Gasteiger partial charge on any atom is -0.475 e. The molecule has 3 N–H and O–H groups in total. The Morgan fingerprint density at radius 1 is 1.06 bits per heavy atom. The summed E-state index contributed by atoms with van der Waals surface area (Å²) in [7, 11) is 0. The number of hydrogen-bond donors (Lipinski definition) is 3. The van der Waals surface area contributed by atoms with Crippen molar-refractivity contribution in [3.05, 3.63) is 70.9 Å². The van der Waals surface area contributed by atoms with Gasteiger partial charge in [0.15, 0.2) is 11.6 Å². The topological polar surface area (TPSA) is 91.3 Å². The van der Waals surface area contributed by atoms with Gasteiger partial charge in [0.05, 0.1) is 5.56 Å². The lowest BCUT2D eigenvalue weighted by molar-refractivity contribution is -0.192. The van der Waals surface area contributed by atoms with Gasteiger partial charge < -0.3 is 15.7 Å². The van der Waals surface area contributed by atoms with E-state index in [0.717, 1.165) is 25.6 Å². The first-order valence-electron chi connectivity index (χ1n) is 9.24. The number of alkyl halides is 3. The summed E-state index contributed by atoms with van der Waals surface area (Å²) in [5, 5.41) is 13.6. The Labute approximate surface area is 178 Å². The Balaban J connectivity index is 0.000000360. The van der Waals surface area contributed by atoms with Crippen LogP contribution in [-0.2, 0) is 17.8 Å². The number of aliphatic carboxylic acids is 1. The number of halogens is 5. The maximum atomic E-state index is 13.7. The van der Waals surface area contributed by atoms with E-state index < -0.39 is 23.8 Å². The van der Waals surface area contributed by atoms with Crippen LogP contribution in [0.15, 0.2) is 42.6 Å². The van der Waals surface area contributed by atoms with Crippen LogP contribution in [0.25, 0.3) is 10.9 Å². The van der Waals surface area contributed by atoms with Crippen LogP contribution < -0.4 is 10.6 Å². The highest BCUT2D eigenvalue weighted by Crippen LogP contribution is 2.22. The molecule has 3 aromatic rings. The standard InChI is InChI=1S/C19H15F2N3O.C2HF3O2/c20-16-4-2-12-7-14(10-23-18(12)17(16)21)19(25)24-15-3-1-13-9-22-6-5-11(13)8-15;3-2(4,5)1(6)7/h1-4,7-8,10,22H,5-6,9H2,(H,24,25);(H,6,7). The highest BCUT2D eigenvalue weighted by atomic mass is 19.4.